The minimum atomic E-state index is -0.352. The van der Waals surface area contributed by atoms with Crippen molar-refractivity contribution in [2.45, 2.75) is 13.0 Å². The molecular formula is C13H18O4. The van der Waals surface area contributed by atoms with E-state index >= 15 is 0 Å². The third-order valence-corrected chi connectivity index (χ3v) is 2.14. The first-order valence-electron chi connectivity index (χ1n) is 5.59. The van der Waals surface area contributed by atoms with Gasteiger partial charge < -0.3 is 14.2 Å². The number of carbonyl (C=O) groups is 1. The Kier molecular flexibility index (Phi) is 7.02. The van der Waals surface area contributed by atoms with Crippen molar-refractivity contribution in [3.05, 3.63) is 35.9 Å². The molecule has 94 valence electrons. The molecule has 0 saturated heterocycles. The Bertz CT molecular complexity index is 310. The number of ether oxygens (including phenoxy) is 3. The summed E-state index contributed by atoms with van der Waals surface area (Å²) in [5.41, 5.74) is 1.16. The van der Waals surface area contributed by atoms with Crippen molar-refractivity contribution in [2.75, 3.05) is 26.9 Å². The molecule has 4 heteroatoms. The molecule has 0 aliphatic carbocycles. The van der Waals surface area contributed by atoms with Crippen LogP contribution in [0.4, 0.5) is 0 Å². The summed E-state index contributed by atoms with van der Waals surface area (Å²) in [7, 11) is 1.34. The zero-order valence-electron chi connectivity index (χ0n) is 10.1. The van der Waals surface area contributed by atoms with Gasteiger partial charge in [0.1, 0.15) is 6.61 Å². The predicted octanol–water partition coefficient (Wildman–Crippen LogP) is 1.78. The van der Waals surface area contributed by atoms with Gasteiger partial charge >= 0.3 is 5.97 Å². The zero-order valence-corrected chi connectivity index (χ0v) is 10.1. The largest absolute Gasteiger partial charge is 0.467 e. The molecule has 0 saturated carbocycles. The van der Waals surface area contributed by atoms with Crippen molar-refractivity contribution in [2.24, 2.45) is 0 Å². The topological polar surface area (TPSA) is 44.8 Å². The lowest BCUT2D eigenvalue weighted by molar-refractivity contribution is -0.146. The quantitative estimate of drug-likeness (QED) is 0.511. The van der Waals surface area contributed by atoms with Crippen LogP contribution in [0.1, 0.15) is 12.0 Å². The van der Waals surface area contributed by atoms with Gasteiger partial charge in [0.25, 0.3) is 0 Å². The van der Waals surface area contributed by atoms with E-state index < -0.39 is 0 Å². The summed E-state index contributed by atoms with van der Waals surface area (Å²) in [5, 5.41) is 0. The number of benzene rings is 1. The fourth-order valence-electron chi connectivity index (χ4n) is 1.24. The van der Waals surface area contributed by atoms with Crippen molar-refractivity contribution in [3.8, 4) is 0 Å². The van der Waals surface area contributed by atoms with Crippen molar-refractivity contribution in [1.82, 2.24) is 0 Å². The lowest BCUT2D eigenvalue weighted by Gasteiger charge is -2.05. The zero-order chi connectivity index (χ0) is 12.3. The molecule has 0 heterocycles. The lowest BCUT2D eigenvalue weighted by atomic mass is 10.2. The highest BCUT2D eigenvalue weighted by Crippen LogP contribution is 2.00. The van der Waals surface area contributed by atoms with Crippen LogP contribution < -0.4 is 0 Å². The van der Waals surface area contributed by atoms with Gasteiger partial charge in [-0.05, 0) is 12.0 Å². The van der Waals surface area contributed by atoms with Crippen LogP contribution in [-0.2, 0) is 25.6 Å². The maximum Gasteiger partial charge on any atom is 0.331 e. The Morgan fingerprint density at radius 1 is 1.12 bits per heavy atom. The molecule has 17 heavy (non-hydrogen) atoms. The Morgan fingerprint density at radius 3 is 2.53 bits per heavy atom. The molecule has 0 fully saturated rings. The number of hydrogen-bond donors (Lipinski definition) is 0. The van der Waals surface area contributed by atoms with E-state index in [2.05, 4.69) is 4.74 Å². The normalized spacial score (nSPS) is 10.2. The SMILES string of the molecule is COC(=O)COCCCOCc1ccccc1. The summed E-state index contributed by atoms with van der Waals surface area (Å²) < 4.78 is 15.0. The van der Waals surface area contributed by atoms with Gasteiger partial charge in [-0.3, -0.25) is 0 Å². The summed E-state index contributed by atoms with van der Waals surface area (Å²) in [5.74, 6) is -0.352. The van der Waals surface area contributed by atoms with Crippen molar-refractivity contribution < 1.29 is 19.0 Å². The van der Waals surface area contributed by atoms with Crippen molar-refractivity contribution in [3.63, 3.8) is 0 Å². The number of hydrogen-bond acceptors (Lipinski definition) is 4. The fraction of sp³-hybridized carbons (Fsp3) is 0.462. The van der Waals surface area contributed by atoms with E-state index in [1.54, 1.807) is 0 Å². The molecule has 4 nitrogen and oxygen atoms in total. The van der Waals surface area contributed by atoms with E-state index in [4.69, 9.17) is 9.47 Å². The Labute approximate surface area is 101 Å². The second kappa shape index (κ2) is 8.73. The number of esters is 1. The molecule has 0 atom stereocenters. The van der Waals surface area contributed by atoms with Gasteiger partial charge in [0.05, 0.1) is 13.7 Å². The Balaban J connectivity index is 1.93. The molecule has 0 spiro atoms. The van der Waals surface area contributed by atoms with Gasteiger partial charge in [0.15, 0.2) is 0 Å². The molecule has 0 N–H and O–H groups in total. The molecule has 1 aromatic carbocycles. The maximum atomic E-state index is 10.7. The van der Waals surface area contributed by atoms with Crippen LogP contribution in [0.25, 0.3) is 0 Å². The number of carbonyl (C=O) groups excluding carboxylic acids is 1. The fourth-order valence-corrected chi connectivity index (χ4v) is 1.24. The smallest absolute Gasteiger partial charge is 0.331 e. The van der Waals surface area contributed by atoms with Gasteiger partial charge in [0, 0.05) is 13.2 Å². The van der Waals surface area contributed by atoms with E-state index in [-0.39, 0.29) is 12.6 Å². The van der Waals surface area contributed by atoms with Crippen LogP contribution >= 0.6 is 0 Å². The summed E-state index contributed by atoms with van der Waals surface area (Å²) in [6.07, 6.45) is 0.768. The van der Waals surface area contributed by atoms with Gasteiger partial charge in [0.2, 0.25) is 0 Å². The minimum absolute atomic E-state index is 0.00911. The molecule has 0 aliphatic rings. The third kappa shape index (κ3) is 6.71. The van der Waals surface area contributed by atoms with Gasteiger partial charge in [-0.25, -0.2) is 4.79 Å². The second-order valence-corrected chi connectivity index (χ2v) is 3.52. The summed E-state index contributed by atoms with van der Waals surface area (Å²) >= 11 is 0. The van der Waals surface area contributed by atoms with Crippen LogP contribution in [0.5, 0.6) is 0 Å². The molecule has 0 aromatic heterocycles. The van der Waals surface area contributed by atoms with Gasteiger partial charge in [-0.15, -0.1) is 0 Å². The van der Waals surface area contributed by atoms with Crippen molar-refractivity contribution in [1.29, 1.82) is 0 Å². The minimum Gasteiger partial charge on any atom is -0.467 e. The molecule has 0 radical (unpaired) electrons. The molecular weight excluding hydrogens is 220 g/mol. The van der Waals surface area contributed by atoms with Crippen LogP contribution in [0.3, 0.4) is 0 Å². The molecule has 0 aliphatic heterocycles. The van der Waals surface area contributed by atoms with E-state index in [1.165, 1.54) is 7.11 Å². The summed E-state index contributed by atoms with van der Waals surface area (Å²) in [6, 6.07) is 9.99. The van der Waals surface area contributed by atoms with E-state index in [0.717, 1.165) is 12.0 Å². The van der Waals surface area contributed by atoms with Crippen LogP contribution in [0.2, 0.25) is 0 Å². The van der Waals surface area contributed by atoms with E-state index in [9.17, 15) is 4.79 Å². The number of methoxy groups -OCH3 is 1. The van der Waals surface area contributed by atoms with Gasteiger partial charge in [-0.1, -0.05) is 30.3 Å². The molecule has 1 aromatic rings. The monoisotopic (exact) mass is 238 g/mol. The van der Waals surface area contributed by atoms with Crippen LogP contribution in [0.15, 0.2) is 30.3 Å². The standard InChI is InChI=1S/C13H18O4/c1-15-13(14)11-17-9-5-8-16-10-12-6-3-2-4-7-12/h2-4,6-7H,5,8-11H2,1H3. The Hall–Kier alpha value is -1.39. The lowest BCUT2D eigenvalue weighted by Crippen LogP contribution is -2.11. The highest BCUT2D eigenvalue weighted by molar-refractivity contribution is 5.70. The first-order chi connectivity index (χ1) is 8.33. The molecule has 0 amide bonds. The highest BCUT2D eigenvalue weighted by Gasteiger charge is 1.98. The molecule has 1 rings (SSSR count). The second-order valence-electron chi connectivity index (χ2n) is 3.52. The van der Waals surface area contributed by atoms with Crippen LogP contribution in [0, 0.1) is 0 Å². The van der Waals surface area contributed by atoms with Crippen molar-refractivity contribution >= 4 is 5.97 Å². The predicted molar refractivity (Wildman–Crippen MR) is 63.6 cm³/mol. The van der Waals surface area contributed by atoms with Gasteiger partial charge in [-0.2, -0.15) is 0 Å². The summed E-state index contributed by atoms with van der Waals surface area (Å²) in [6.45, 7) is 1.74. The maximum absolute atomic E-state index is 10.7. The first-order valence-corrected chi connectivity index (χ1v) is 5.59. The summed E-state index contributed by atoms with van der Waals surface area (Å²) in [4.78, 5) is 10.7. The van der Waals surface area contributed by atoms with Crippen LogP contribution in [-0.4, -0.2) is 32.9 Å². The first kappa shape index (κ1) is 13.7. The molecule has 0 bridgehead atoms. The number of rotatable bonds is 8. The van der Waals surface area contributed by atoms with E-state index in [1.807, 2.05) is 30.3 Å². The highest BCUT2D eigenvalue weighted by atomic mass is 16.6. The van der Waals surface area contributed by atoms with E-state index in [0.29, 0.717) is 19.8 Å². The average molecular weight is 238 g/mol. The average Bonchev–Trinajstić information content (AvgIpc) is 2.38. The molecule has 0 unspecified atom stereocenters. The Morgan fingerprint density at radius 2 is 1.82 bits per heavy atom. The third-order valence-electron chi connectivity index (χ3n) is 2.14.